The van der Waals surface area contributed by atoms with Gasteiger partial charge in [-0.25, -0.2) is 4.39 Å². The van der Waals surface area contributed by atoms with E-state index >= 15 is 0 Å². The highest BCUT2D eigenvalue weighted by atomic mass is 35.5. The molecule has 2 saturated heterocycles. The molecule has 3 aromatic rings. The molecule has 49 heavy (non-hydrogen) atoms. The van der Waals surface area contributed by atoms with Crippen molar-refractivity contribution in [1.29, 1.82) is 0 Å². The Bertz CT molecular complexity index is 1810. The SMILES string of the molecule is CN(C)C(=O)c1cc2n(n1)CCCN(c1nc(OC[C@@]34CCCN3C/C(=C\F)C4)nc3c1CO[C@H](c1cc(N)cc(Cl)c1C(F)(F)F)C3)C2. The van der Waals surface area contributed by atoms with Crippen LogP contribution in [0.2, 0.25) is 5.02 Å². The molecular formula is C33H37ClF4N8O3. The Labute approximate surface area is 285 Å². The van der Waals surface area contributed by atoms with Crippen LogP contribution in [-0.2, 0) is 37.0 Å². The number of fused-ring (bicyclic) bond motifs is 3. The predicted octanol–water partition coefficient (Wildman–Crippen LogP) is 5.32. The summed E-state index contributed by atoms with van der Waals surface area (Å²) in [5.74, 6) is 0.325. The van der Waals surface area contributed by atoms with E-state index in [-0.39, 0.29) is 48.3 Å². The van der Waals surface area contributed by atoms with Crippen LogP contribution >= 0.6 is 11.6 Å². The van der Waals surface area contributed by atoms with Crippen molar-refractivity contribution in [1.82, 2.24) is 29.5 Å². The molecule has 2 aromatic heterocycles. The lowest BCUT2D eigenvalue weighted by atomic mass is 9.94. The van der Waals surface area contributed by atoms with E-state index in [2.05, 4.69) is 10.00 Å². The first-order valence-corrected chi connectivity index (χ1v) is 16.6. The number of carbonyl (C=O) groups is 1. The van der Waals surface area contributed by atoms with Gasteiger partial charge in [0.15, 0.2) is 5.69 Å². The van der Waals surface area contributed by atoms with Crippen LogP contribution < -0.4 is 15.4 Å². The Kier molecular flexibility index (Phi) is 8.72. The molecule has 1 amide bonds. The van der Waals surface area contributed by atoms with Crippen LogP contribution in [0.5, 0.6) is 6.01 Å². The Morgan fingerprint density at radius 3 is 2.76 bits per heavy atom. The Morgan fingerprint density at radius 1 is 1.18 bits per heavy atom. The Hall–Kier alpha value is -3.95. The summed E-state index contributed by atoms with van der Waals surface area (Å²) in [7, 11) is 3.34. The van der Waals surface area contributed by atoms with Crippen LogP contribution in [0, 0.1) is 0 Å². The molecule has 4 aliphatic heterocycles. The number of aromatic nitrogens is 4. The first-order valence-electron chi connectivity index (χ1n) is 16.2. The second-order valence-electron chi connectivity index (χ2n) is 13.4. The molecule has 0 unspecified atom stereocenters. The maximum absolute atomic E-state index is 14.2. The van der Waals surface area contributed by atoms with Crippen LogP contribution in [0.3, 0.4) is 0 Å². The maximum atomic E-state index is 14.2. The van der Waals surface area contributed by atoms with Gasteiger partial charge in [-0.1, -0.05) is 11.6 Å². The normalized spacial score (nSPS) is 23.3. The van der Waals surface area contributed by atoms with Gasteiger partial charge in [0.25, 0.3) is 5.91 Å². The number of rotatable bonds is 6. The van der Waals surface area contributed by atoms with Crippen LogP contribution in [0.15, 0.2) is 30.1 Å². The summed E-state index contributed by atoms with van der Waals surface area (Å²) in [6.45, 7) is 3.07. The summed E-state index contributed by atoms with van der Waals surface area (Å²) in [5, 5.41) is 4.03. The van der Waals surface area contributed by atoms with Gasteiger partial charge >= 0.3 is 12.2 Å². The number of carbonyl (C=O) groups excluding carboxylic acids is 1. The summed E-state index contributed by atoms with van der Waals surface area (Å²) in [5.41, 5.74) is 7.47. The molecule has 0 saturated carbocycles. The minimum absolute atomic E-state index is 0.0106. The number of amides is 1. The molecule has 2 N–H and O–H groups in total. The molecule has 0 aliphatic carbocycles. The van der Waals surface area contributed by atoms with Gasteiger partial charge in [0.2, 0.25) is 0 Å². The van der Waals surface area contributed by atoms with Crippen LogP contribution in [-0.4, -0.2) is 81.3 Å². The van der Waals surface area contributed by atoms with Gasteiger partial charge in [-0.15, -0.1) is 0 Å². The molecule has 1 aromatic carbocycles. The number of hydrogen-bond acceptors (Lipinski definition) is 9. The predicted molar refractivity (Wildman–Crippen MR) is 173 cm³/mol. The van der Waals surface area contributed by atoms with Crippen molar-refractivity contribution in [2.24, 2.45) is 0 Å². The molecule has 0 bridgehead atoms. The molecule has 7 rings (SSSR count). The summed E-state index contributed by atoms with van der Waals surface area (Å²) in [6, 6.07) is 4.17. The minimum atomic E-state index is -4.74. The van der Waals surface area contributed by atoms with Crippen molar-refractivity contribution in [3.63, 3.8) is 0 Å². The summed E-state index contributed by atoms with van der Waals surface area (Å²) >= 11 is 6.08. The van der Waals surface area contributed by atoms with Gasteiger partial charge in [-0.05, 0) is 61.6 Å². The van der Waals surface area contributed by atoms with Crippen LogP contribution in [0.1, 0.15) is 70.4 Å². The van der Waals surface area contributed by atoms with Gasteiger partial charge < -0.3 is 25.0 Å². The fourth-order valence-corrected chi connectivity index (χ4v) is 7.93. The molecule has 16 heteroatoms. The lowest BCUT2D eigenvalue weighted by Gasteiger charge is -2.33. The molecular weight excluding hydrogens is 668 g/mol. The quantitative estimate of drug-likeness (QED) is 0.269. The van der Waals surface area contributed by atoms with Gasteiger partial charge in [0, 0.05) is 51.4 Å². The topological polar surface area (TPSA) is 115 Å². The Balaban J connectivity index is 1.25. The van der Waals surface area contributed by atoms with Crippen molar-refractivity contribution in [3.8, 4) is 6.01 Å². The number of nitrogen functional groups attached to an aromatic ring is 1. The third kappa shape index (κ3) is 6.32. The third-order valence-electron chi connectivity index (χ3n) is 9.89. The van der Waals surface area contributed by atoms with Gasteiger partial charge in [0.05, 0.1) is 53.1 Å². The van der Waals surface area contributed by atoms with Gasteiger partial charge in [-0.3, -0.25) is 14.4 Å². The van der Waals surface area contributed by atoms with E-state index in [1.165, 1.54) is 11.0 Å². The summed E-state index contributed by atoms with van der Waals surface area (Å²) in [4.78, 5) is 28.0. The maximum Gasteiger partial charge on any atom is 0.418 e. The highest BCUT2D eigenvalue weighted by Gasteiger charge is 2.47. The van der Waals surface area contributed by atoms with E-state index in [0.717, 1.165) is 31.1 Å². The van der Waals surface area contributed by atoms with E-state index in [1.54, 1.807) is 20.2 Å². The summed E-state index contributed by atoms with van der Waals surface area (Å²) < 4.78 is 70.5. The van der Waals surface area contributed by atoms with E-state index in [4.69, 9.17) is 36.8 Å². The third-order valence-corrected chi connectivity index (χ3v) is 10.2. The van der Waals surface area contributed by atoms with E-state index in [9.17, 15) is 22.4 Å². The zero-order valence-electron chi connectivity index (χ0n) is 27.2. The number of benzene rings is 1. The molecule has 0 spiro atoms. The second-order valence-corrected chi connectivity index (χ2v) is 13.8. The second kappa shape index (κ2) is 12.7. The average molecular weight is 705 g/mol. The minimum Gasteiger partial charge on any atom is -0.461 e. The molecule has 4 aliphatic rings. The number of nitrogens with two attached hydrogens (primary N) is 1. The Morgan fingerprint density at radius 2 is 2.00 bits per heavy atom. The smallest absolute Gasteiger partial charge is 0.418 e. The largest absolute Gasteiger partial charge is 0.461 e. The monoisotopic (exact) mass is 704 g/mol. The molecule has 2 fully saturated rings. The molecule has 6 heterocycles. The van der Waals surface area contributed by atoms with E-state index in [1.807, 2.05) is 9.58 Å². The lowest BCUT2D eigenvalue weighted by Crippen LogP contribution is -2.43. The molecule has 262 valence electrons. The number of hydrogen-bond donors (Lipinski definition) is 1. The van der Waals surface area contributed by atoms with Crippen molar-refractivity contribution in [2.45, 2.75) is 69.6 Å². The van der Waals surface area contributed by atoms with E-state index < -0.39 is 22.9 Å². The van der Waals surface area contributed by atoms with Crippen molar-refractivity contribution in [2.75, 3.05) is 51.0 Å². The van der Waals surface area contributed by atoms with Gasteiger partial charge in [0.1, 0.15) is 12.4 Å². The van der Waals surface area contributed by atoms with Crippen molar-refractivity contribution in [3.05, 3.63) is 68.9 Å². The zero-order valence-corrected chi connectivity index (χ0v) is 28.0. The fraction of sp³-hybridized carbons (Fsp3) is 0.515. The lowest BCUT2D eigenvalue weighted by molar-refractivity contribution is -0.139. The first kappa shape index (κ1) is 33.5. The number of nitrogens with zero attached hydrogens (tertiary/aromatic N) is 7. The molecule has 2 atom stereocenters. The molecule has 11 nitrogen and oxygen atoms in total. The summed E-state index contributed by atoms with van der Waals surface area (Å²) in [6.07, 6.45) is -2.09. The molecule has 0 radical (unpaired) electrons. The van der Waals surface area contributed by atoms with Crippen molar-refractivity contribution < 1.29 is 31.8 Å². The number of halogens is 5. The van der Waals surface area contributed by atoms with Crippen LogP contribution in [0.25, 0.3) is 0 Å². The fourth-order valence-electron chi connectivity index (χ4n) is 7.59. The van der Waals surface area contributed by atoms with E-state index in [0.29, 0.717) is 73.7 Å². The number of aryl methyl sites for hydroxylation is 1. The van der Waals surface area contributed by atoms with Crippen molar-refractivity contribution >= 4 is 29.0 Å². The number of ether oxygens (including phenoxy) is 2. The van der Waals surface area contributed by atoms with Gasteiger partial charge in [-0.2, -0.15) is 28.2 Å². The number of alkyl halides is 3. The zero-order chi connectivity index (χ0) is 34.7. The number of anilines is 2. The first-order chi connectivity index (χ1) is 23.3. The highest BCUT2D eigenvalue weighted by molar-refractivity contribution is 6.31. The standard InChI is InChI=1S/C33H37ClF4N8O3/c1-43(2)30(47)26-11-21-16-44(6-4-8-46(21)42-26)29-23-17-48-27(22-9-20(39)10-24(34)28(22)33(36,37)38)12-25(23)40-31(41-29)49-18-32-5-3-7-45(32)15-19(13-32)14-35/h9-11,14,27H,3-8,12-13,15-18,39H2,1-2H3/b19-14-/t27-,32-/m0/s1. The van der Waals surface area contributed by atoms with Crippen LogP contribution in [0.4, 0.5) is 29.1 Å². The highest BCUT2D eigenvalue weighted by Crippen LogP contribution is 2.45. The average Bonchev–Trinajstić information content (AvgIpc) is 3.69.